The molecule has 0 aliphatic heterocycles. The van der Waals surface area contributed by atoms with E-state index in [1.807, 2.05) is 30.3 Å². The van der Waals surface area contributed by atoms with Crippen molar-refractivity contribution in [1.29, 1.82) is 0 Å². The number of anilines is 1. The Kier molecular flexibility index (Phi) is 7.42. The molecule has 1 amide bonds. The maximum atomic E-state index is 13.1. The first-order chi connectivity index (χ1) is 15.6. The Labute approximate surface area is 198 Å². The lowest BCUT2D eigenvalue weighted by molar-refractivity contribution is 0.101. The van der Waals surface area contributed by atoms with Crippen molar-refractivity contribution >= 4 is 46.7 Å². The van der Waals surface area contributed by atoms with Gasteiger partial charge in [0, 0.05) is 27.6 Å². The summed E-state index contributed by atoms with van der Waals surface area (Å²) in [7, 11) is 0. The van der Waals surface area contributed by atoms with Gasteiger partial charge in [0.15, 0.2) is 5.16 Å². The molecule has 0 radical (unpaired) electrons. The molecule has 8 heteroatoms. The Morgan fingerprint density at radius 3 is 2.41 bits per heavy atom. The predicted octanol–water partition coefficient (Wildman–Crippen LogP) is 6.96. The van der Waals surface area contributed by atoms with E-state index in [1.165, 1.54) is 35.7 Å². The molecule has 1 N–H and O–H groups in total. The van der Waals surface area contributed by atoms with Crippen molar-refractivity contribution in [2.24, 2.45) is 0 Å². The van der Waals surface area contributed by atoms with Crippen molar-refractivity contribution in [2.45, 2.75) is 20.7 Å². The van der Waals surface area contributed by atoms with Gasteiger partial charge in [-0.25, -0.2) is 14.4 Å². The average Bonchev–Trinajstić information content (AvgIpc) is 2.81. The van der Waals surface area contributed by atoms with Crippen LogP contribution in [0.2, 0.25) is 5.02 Å². The maximum absolute atomic E-state index is 13.1. The lowest BCUT2D eigenvalue weighted by Crippen LogP contribution is -2.15. The molecule has 4 rings (SSSR count). The van der Waals surface area contributed by atoms with Crippen LogP contribution < -0.4 is 5.32 Å². The summed E-state index contributed by atoms with van der Waals surface area (Å²) < 4.78 is 13.1. The Balaban J connectivity index is 1.58. The summed E-state index contributed by atoms with van der Waals surface area (Å²) >= 11 is 8.74. The molecule has 0 saturated heterocycles. The molecule has 1 heterocycles. The normalized spacial score (nSPS) is 10.7. The molecule has 0 spiro atoms. The second-order valence-corrected chi connectivity index (χ2v) is 9.15. The summed E-state index contributed by atoms with van der Waals surface area (Å²) in [5.74, 6) is -0.0563. The van der Waals surface area contributed by atoms with Crippen molar-refractivity contribution in [3.63, 3.8) is 0 Å². The lowest BCUT2D eigenvalue weighted by atomic mass is 10.2. The van der Waals surface area contributed by atoms with Crippen molar-refractivity contribution in [2.75, 3.05) is 5.32 Å². The van der Waals surface area contributed by atoms with E-state index in [9.17, 15) is 9.18 Å². The number of carbonyl (C=O) groups is 1. The number of amides is 1. The number of nitrogens with one attached hydrogen (secondary N) is 1. The predicted molar refractivity (Wildman–Crippen MR) is 128 cm³/mol. The van der Waals surface area contributed by atoms with Gasteiger partial charge in [-0.05, 0) is 54.1 Å². The Morgan fingerprint density at radius 2 is 1.69 bits per heavy atom. The average molecular weight is 482 g/mol. The molecule has 0 aliphatic carbocycles. The van der Waals surface area contributed by atoms with E-state index in [2.05, 4.69) is 15.3 Å². The third-order valence-electron chi connectivity index (χ3n) is 4.30. The minimum absolute atomic E-state index is 0.279. The zero-order valence-electron chi connectivity index (χ0n) is 16.7. The monoisotopic (exact) mass is 481 g/mol. The molecular weight excluding hydrogens is 465 g/mol. The Morgan fingerprint density at radius 1 is 0.969 bits per heavy atom. The number of halogens is 2. The maximum Gasteiger partial charge on any atom is 0.275 e. The van der Waals surface area contributed by atoms with Crippen LogP contribution in [0.1, 0.15) is 16.1 Å². The Hall–Kier alpha value is -2.87. The van der Waals surface area contributed by atoms with Gasteiger partial charge in [-0.2, -0.15) is 0 Å². The van der Waals surface area contributed by atoms with Gasteiger partial charge < -0.3 is 5.32 Å². The molecule has 0 aliphatic rings. The van der Waals surface area contributed by atoms with E-state index in [4.69, 9.17) is 11.6 Å². The molecule has 0 bridgehead atoms. The first kappa shape index (κ1) is 22.3. The standard InChI is InChI=1S/C24H17ClFN3OS2/c25-17-8-12-19(13-9-17)28-23(30)22-21(32-20-4-2-1-3-5-20)14-27-24(29-22)31-15-16-6-10-18(26)11-7-16/h1-14H,15H2,(H,28,30). The first-order valence-electron chi connectivity index (χ1n) is 9.61. The largest absolute Gasteiger partial charge is 0.321 e. The zero-order chi connectivity index (χ0) is 22.3. The summed E-state index contributed by atoms with van der Waals surface area (Å²) in [6, 6.07) is 22.9. The molecule has 0 atom stereocenters. The van der Waals surface area contributed by atoms with Crippen LogP contribution in [0, 0.1) is 5.82 Å². The molecule has 4 nitrogen and oxygen atoms in total. The second-order valence-electron chi connectivity index (χ2n) is 6.66. The summed E-state index contributed by atoms with van der Waals surface area (Å²) in [4.78, 5) is 23.7. The Bertz CT molecular complexity index is 1210. The highest BCUT2D eigenvalue weighted by Gasteiger charge is 2.17. The van der Waals surface area contributed by atoms with E-state index in [0.29, 0.717) is 26.5 Å². The van der Waals surface area contributed by atoms with Crippen LogP contribution >= 0.6 is 35.1 Å². The van der Waals surface area contributed by atoms with Crippen molar-refractivity contribution < 1.29 is 9.18 Å². The summed E-state index contributed by atoms with van der Waals surface area (Å²) in [5.41, 5.74) is 1.84. The number of hydrogen-bond donors (Lipinski definition) is 1. The lowest BCUT2D eigenvalue weighted by Gasteiger charge is -2.11. The SMILES string of the molecule is O=C(Nc1ccc(Cl)cc1)c1nc(SCc2ccc(F)cc2)ncc1Sc1ccccc1. The number of nitrogens with zero attached hydrogens (tertiary/aromatic N) is 2. The minimum Gasteiger partial charge on any atom is -0.321 e. The third-order valence-corrected chi connectivity index (χ3v) is 6.51. The second kappa shape index (κ2) is 10.6. The topological polar surface area (TPSA) is 54.9 Å². The quantitative estimate of drug-likeness (QED) is 0.228. The highest BCUT2D eigenvalue weighted by atomic mass is 35.5. The van der Waals surface area contributed by atoms with Crippen LogP contribution in [0.3, 0.4) is 0 Å². The van der Waals surface area contributed by atoms with Crippen LogP contribution in [0.25, 0.3) is 0 Å². The van der Waals surface area contributed by atoms with Gasteiger partial charge in [0.2, 0.25) is 0 Å². The highest BCUT2D eigenvalue weighted by molar-refractivity contribution is 7.99. The minimum atomic E-state index is -0.336. The van der Waals surface area contributed by atoms with Crippen molar-refractivity contribution in [3.8, 4) is 0 Å². The molecule has 160 valence electrons. The highest BCUT2D eigenvalue weighted by Crippen LogP contribution is 2.31. The molecule has 32 heavy (non-hydrogen) atoms. The fraction of sp³-hybridized carbons (Fsp3) is 0.0417. The van der Waals surface area contributed by atoms with Crippen LogP contribution in [0.15, 0.2) is 100 Å². The number of benzene rings is 3. The van der Waals surface area contributed by atoms with Gasteiger partial charge in [0.25, 0.3) is 5.91 Å². The van der Waals surface area contributed by atoms with Gasteiger partial charge in [-0.3, -0.25) is 4.79 Å². The number of hydrogen-bond acceptors (Lipinski definition) is 5. The van der Waals surface area contributed by atoms with Gasteiger partial charge in [0.1, 0.15) is 11.5 Å². The fourth-order valence-electron chi connectivity index (χ4n) is 2.73. The molecule has 4 aromatic rings. The van der Waals surface area contributed by atoms with Crippen LogP contribution in [-0.4, -0.2) is 15.9 Å². The van der Waals surface area contributed by atoms with E-state index in [-0.39, 0.29) is 17.4 Å². The summed E-state index contributed by atoms with van der Waals surface area (Å²) in [6.45, 7) is 0. The van der Waals surface area contributed by atoms with Crippen LogP contribution in [0.5, 0.6) is 0 Å². The third kappa shape index (κ3) is 6.09. The molecule has 3 aromatic carbocycles. The molecular formula is C24H17ClFN3OS2. The van der Waals surface area contributed by atoms with Gasteiger partial charge >= 0.3 is 0 Å². The van der Waals surface area contributed by atoms with E-state index in [0.717, 1.165) is 10.5 Å². The van der Waals surface area contributed by atoms with Crippen molar-refractivity contribution in [1.82, 2.24) is 9.97 Å². The van der Waals surface area contributed by atoms with Gasteiger partial charge in [0.05, 0.1) is 4.90 Å². The van der Waals surface area contributed by atoms with Gasteiger partial charge in [-0.15, -0.1) is 0 Å². The zero-order valence-corrected chi connectivity index (χ0v) is 19.1. The summed E-state index contributed by atoms with van der Waals surface area (Å²) in [6.07, 6.45) is 1.66. The molecule has 1 aromatic heterocycles. The smallest absolute Gasteiger partial charge is 0.275 e. The van der Waals surface area contributed by atoms with Crippen molar-refractivity contribution in [3.05, 3.63) is 107 Å². The van der Waals surface area contributed by atoms with E-state index < -0.39 is 0 Å². The first-order valence-corrected chi connectivity index (χ1v) is 11.8. The van der Waals surface area contributed by atoms with Gasteiger partial charge in [-0.1, -0.05) is 65.5 Å². The molecule has 0 unspecified atom stereocenters. The number of aromatic nitrogens is 2. The molecule has 0 saturated carbocycles. The molecule has 0 fully saturated rings. The number of rotatable bonds is 7. The van der Waals surface area contributed by atoms with Crippen LogP contribution in [-0.2, 0) is 5.75 Å². The van der Waals surface area contributed by atoms with Crippen LogP contribution in [0.4, 0.5) is 10.1 Å². The van der Waals surface area contributed by atoms with E-state index in [1.54, 1.807) is 42.6 Å². The summed E-state index contributed by atoms with van der Waals surface area (Å²) in [5, 5.41) is 3.92. The number of carbonyl (C=O) groups excluding carboxylic acids is 1. The number of thioether (sulfide) groups is 1. The van der Waals surface area contributed by atoms with E-state index >= 15 is 0 Å². The fourth-order valence-corrected chi connectivity index (χ4v) is 4.51.